The molecular weight excluding hydrogens is 477 g/mol. The highest BCUT2D eigenvalue weighted by molar-refractivity contribution is 8.18. The monoisotopic (exact) mass is 501 g/mol. The van der Waals surface area contributed by atoms with Crippen LogP contribution < -0.4 is 10.2 Å². The molecule has 6 nitrogen and oxygen atoms in total. The van der Waals surface area contributed by atoms with Gasteiger partial charge in [0.05, 0.1) is 4.91 Å². The molecule has 178 valence electrons. The third kappa shape index (κ3) is 4.70. The lowest BCUT2D eigenvalue weighted by molar-refractivity contribution is -0.127. The molecule has 1 saturated heterocycles. The Morgan fingerprint density at radius 2 is 1.94 bits per heavy atom. The Morgan fingerprint density at radius 3 is 2.62 bits per heavy atom. The van der Waals surface area contributed by atoms with Gasteiger partial charge in [-0.05, 0) is 91.5 Å². The van der Waals surface area contributed by atoms with Crippen LogP contribution in [-0.4, -0.2) is 41.1 Å². The molecule has 0 spiro atoms. The molecule has 2 heterocycles. The van der Waals surface area contributed by atoms with E-state index in [1.54, 1.807) is 6.08 Å². The molecule has 2 aromatic rings. The number of nitrogens with zero attached hydrogens (tertiary/aromatic N) is 2. The first-order chi connectivity index (χ1) is 16.0. The molecule has 1 N–H and O–H groups in total. The smallest absolute Gasteiger partial charge is 0.294 e. The fraction of sp³-hybridized carbons (Fsp3) is 0.320. The number of anilines is 2. The summed E-state index contributed by atoms with van der Waals surface area (Å²) in [6.07, 6.45) is 2.58. The largest absolute Gasteiger partial charge is 0.369 e. The molecule has 0 aromatic heterocycles. The zero-order chi connectivity index (χ0) is 24.8. The Bertz CT molecular complexity index is 1210. The maximum Gasteiger partial charge on any atom is 0.294 e. The average Bonchev–Trinajstić information content (AvgIpc) is 3.02. The predicted octanol–water partition coefficient (Wildman–Crippen LogP) is 5.88. The summed E-state index contributed by atoms with van der Waals surface area (Å²) in [6, 6.07) is 9.10. The number of imide groups is 1. The summed E-state index contributed by atoms with van der Waals surface area (Å²) in [5, 5.41) is 2.50. The van der Waals surface area contributed by atoms with Crippen molar-refractivity contribution in [2.24, 2.45) is 0 Å². The van der Waals surface area contributed by atoms with Gasteiger partial charge >= 0.3 is 0 Å². The van der Waals surface area contributed by atoms with E-state index in [1.807, 2.05) is 19.2 Å². The van der Waals surface area contributed by atoms with E-state index in [4.69, 9.17) is 11.6 Å². The van der Waals surface area contributed by atoms with E-state index in [9.17, 15) is 18.8 Å². The molecule has 1 atom stereocenters. The van der Waals surface area contributed by atoms with Crippen molar-refractivity contribution in [3.63, 3.8) is 0 Å². The number of fused-ring (bicyclic) bond motifs is 1. The van der Waals surface area contributed by atoms with Crippen LogP contribution in [0, 0.1) is 5.82 Å². The number of carbonyl (C=O) groups is 3. The summed E-state index contributed by atoms with van der Waals surface area (Å²) in [5.41, 5.74) is 3.21. The number of halogens is 2. The third-order valence-electron chi connectivity index (χ3n) is 6.34. The first-order valence-corrected chi connectivity index (χ1v) is 12.0. The summed E-state index contributed by atoms with van der Waals surface area (Å²) in [5.74, 6) is -1.23. The number of nitrogens with one attached hydrogen (secondary N) is 1. The van der Waals surface area contributed by atoms with Gasteiger partial charge in [-0.1, -0.05) is 18.5 Å². The van der Waals surface area contributed by atoms with Crippen LogP contribution in [0.25, 0.3) is 6.08 Å². The van der Waals surface area contributed by atoms with Crippen LogP contribution in [0.1, 0.15) is 44.2 Å². The van der Waals surface area contributed by atoms with Crippen molar-refractivity contribution in [1.82, 2.24) is 4.90 Å². The van der Waals surface area contributed by atoms with E-state index < -0.39 is 29.4 Å². The molecule has 0 saturated carbocycles. The highest BCUT2D eigenvalue weighted by Gasteiger charge is 2.37. The van der Waals surface area contributed by atoms with Gasteiger partial charge in [0.25, 0.3) is 11.1 Å². The van der Waals surface area contributed by atoms with Gasteiger partial charge in [-0.15, -0.1) is 0 Å². The first-order valence-electron chi connectivity index (χ1n) is 10.8. The summed E-state index contributed by atoms with van der Waals surface area (Å²) in [7, 11) is 2.04. The van der Waals surface area contributed by atoms with Crippen molar-refractivity contribution in [3.8, 4) is 0 Å². The maximum atomic E-state index is 13.0. The molecule has 9 heteroatoms. The van der Waals surface area contributed by atoms with Crippen molar-refractivity contribution in [2.75, 3.05) is 23.8 Å². The summed E-state index contributed by atoms with van der Waals surface area (Å²) in [6.45, 7) is 6.11. The quantitative estimate of drug-likeness (QED) is 0.530. The normalized spacial score (nSPS) is 20.6. The first kappa shape index (κ1) is 24.3. The lowest BCUT2D eigenvalue weighted by Gasteiger charge is -2.45. The third-order valence-corrected chi connectivity index (χ3v) is 7.58. The van der Waals surface area contributed by atoms with E-state index in [-0.39, 0.29) is 10.4 Å². The van der Waals surface area contributed by atoms with Crippen LogP contribution in [0.2, 0.25) is 5.02 Å². The van der Waals surface area contributed by atoms with Crippen LogP contribution in [0.3, 0.4) is 0 Å². The number of benzene rings is 2. The van der Waals surface area contributed by atoms with E-state index in [2.05, 4.69) is 31.0 Å². The van der Waals surface area contributed by atoms with E-state index in [0.717, 1.165) is 34.3 Å². The predicted molar refractivity (Wildman–Crippen MR) is 135 cm³/mol. The molecule has 0 aliphatic carbocycles. The second-order valence-electron chi connectivity index (χ2n) is 9.23. The SMILES string of the molecule is C[C@H]1CC(C)(C)N(C)c2cc(Cl)c(/C=C3\SC(=O)N(CC(=O)Nc4ccc(F)cc4)C3=O)cc21. The maximum absolute atomic E-state index is 13.0. The molecule has 34 heavy (non-hydrogen) atoms. The number of carbonyl (C=O) groups excluding carboxylic acids is 3. The van der Waals surface area contributed by atoms with Crippen molar-refractivity contribution in [3.05, 3.63) is 63.3 Å². The highest BCUT2D eigenvalue weighted by Crippen LogP contribution is 2.45. The molecule has 3 amide bonds. The van der Waals surface area contributed by atoms with Crippen molar-refractivity contribution < 1.29 is 18.8 Å². The minimum absolute atomic E-state index is 0.00555. The highest BCUT2D eigenvalue weighted by atomic mass is 35.5. The van der Waals surface area contributed by atoms with Crippen LogP contribution in [0.4, 0.5) is 20.6 Å². The van der Waals surface area contributed by atoms with Gasteiger partial charge in [-0.3, -0.25) is 19.3 Å². The van der Waals surface area contributed by atoms with Crippen LogP contribution >= 0.6 is 23.4 Å². The second kappa shape index (κ2) is 9.07. The van der Waals surface area contributed by atoms with Gasteiger partial charge in [0.2, 0.25) is 5.91 Å². The molecule has 0 unspecified atom stereocenters. The molecule has 2 aliphatic heterocycles. The molecule has 4 rings (SSSR count). The minimum Gasteiger partial charge on any atom is -0.369 e. The van der Waals surface area contributed by atoms with Gasteiger partial charge < -0.3 is 10.2 Å². The number of thioether (sulfide) groups is 1. The molecular formula is C25H25ClFN3O3S. The Morgan fingerprint density at radius 1 is 1.26 bits per heavy atom. The number of hydrogen-bond donors (Lipinski definition) is 1. The van der Waals surface area contributed by atoms with E-state index in [1.165, 1.54) is 24.3 Å². The zero-order valence-electron chi connectivity index (χ0n) is 19.3. The molecule has 0 radical (unpaired) electrons. The van der Waals surface area contributed by atoms with Crippen LogP contribution in [-0.2, 0) is 9.59 Å². The molecule has 0 bridgehead atoms. The Hall–Kier alpha value is -2.84. The topological polar surface area (TPSA) is 69.7 Å². The van der Waals surface area contributed by atoms with E-state index >= 15 is 0 Å². The number of hydrogen-bond acceptors (Lipinski definition) is 5. The van der Waals surface area contributed by atoms with Gasteiger partial charge in [-0.25, -0.2) is 4.39 Å². The van der Waals surface area contributed by atoms with Crippen molar-refractivity contribution >= 4 is 57.9 Å². The van der Waals surface area contributed by atoms with E-state index in [0.29, 0.717) is 22.2 Å². The Balaban J connectivity index is 1.54. The minimum atomic E-state index is -0.554. The summed E-state index contributed by atoms with van der Waals surface area (Å²) >= 11 is 7.34. The Labute approximate surface area is 207 Å². The van der Waals surface area contributed by atoms with Crippen LogP contribution in [0.5, 0.6) is 0 Å². The number of amides is 3. The molecule has 2 aromatic carbocycles. The van der Waals surface area contributed by atoms with Gasteiger partial charge in [-0.2, -0.15) is 0 Å². The summed E-state index contributed by atoms with van der Waals surface area (Å²) in [4.78, 5) is 41.0. The van der Waals surface area contributed by atoms with Gasteiger partial charge in [0, 0.05) is 29.0 Å². The Kier molecular flexibility index (Phi) is 6.48. The fourth-order valence-electron chi connectivity index (χ4n) is 4.37. The fourth-order valence-corrected chi connectivity index (χ4v) is 5.41. The lowest BCUT2D eigenvalue weighted by Crippen LogP contribution is -2.45. The number of rotatable bonds is 4. The van der Waals surface area contributed by atoms with Crippen molar-refractivity contribution in [1.29, 1.82) is 0 Å². The van der Waals surface area contributed by atoms with Crippen LogP contribution in [0.15, 0.2) is 41.3 Å². The standard InChI is InChI=1S/C25H25ClFN3O3S/c1-14-12-25(2,3)29(4)20-11-19(26)15(9-18(14)20)10-21-23(32)30(24(33)34-21)13-22(31)28-17-7-5-16(27)6-8-17/h5-11,14H,12-13H2,1-4H3,(H,28,31)/b21-10-/t14-/m0/s1. The molecule has 1 fully saturated rings. The van der Waals surface area contributed by atoms with Crippen molar-refractivity contribution in [2.45, 2.75) is 38.6 Å². The average molecular weight is 502 g/mol. The molecule has 2 aliphatic rings. The van der Waals surface area contributed by atoms with Gasteiger partial charge in [0.1, 0.15) is 12.4 Å². The lowest BCUT2D eigenvalue weighted by atomic mass is 9.80. The summed E-state index contributed by atoms with van der Waals surface area (Å²) < 4.78 is 13.0. The van der Waals surface area contributed by atoms with Gasteiger partial charge in [0.15, 0.2) is 0 Å². The zero-order valence-corrected chi connectivity index (χ0v) is 20.9. The second-order valence-corrected chi connectivity index (χ2v) is 10.6.